The van der Waals surface area contributed by atoms with Crippen molar-refractivity contribution >= 4 is 11.9 Å². The summed E-state index contributed by atoms with van der Waals surface area (Å²) in [5, 5.41) is 2.84. The number of hydrogen-bond donors (Lipinski definition) is 1. The highest BCUT2D eigenvalue weighted by molar-refractivity contribution is 5.81. The Kier molecular flexibility index (Phi) is 7.86. The van der Waals surface area contributed by atoms with Crippen LogP contribution in [0.4, 0.5) is 0 Å². The predicted octanol–water partition coefficient (Wildman–Crippen LogP) is 3.36. The number of benzene rings is 2. The molecule has 144 valence electrons. The van der Waals surface area contributed by atoms with E-state index in [4.69, 9.17) is 9.47 Å². The van der Waals surface area contributed by atoms with E-state index in [1.807, 2.05) is 57.2 Å². The van der Waals surface area contributed by atoms with Crippen LogP contribution in [0.5, 0.6) is 5.75 Å². The van der Waals surface area contributed by atoms with E-state index in [-0.39, 0.29) is 25.2 Å². The Bertz CT molecular complexity index is 758. The first-order valence-electron chi connectivity index (χ1n) is 9.13. The quantitative estimate of drug-likeness (QED) is 0.689. The van der Waals surface area contributed by atoms with Gasteiger partial charge in [-0.05, 0) is 56.4 Å². The van der Waals surface area contributed by atoms with Crippen LogP contribution in [-0.2, 0) is 20.7 Å². The van der Waals surface area contributed by atoms with E-state index in [9.17, 15) is 9.59 Å². The molecule has 1 atom stereocenters. The van der Waals surface area contributed by atoms with Crippen LogP contribution in [-0.4, -0.2) is 31.1 Å². The van der Waals surface area contributed by atoms with Crippen LogP contribution in [0, 0.1) is 13.8 Å². The van der Waals surface area contributed by atoms with Gasteiger partial charge in [0.15, 0.2) is 13.2 Å². The van der Waals surface area contributed by atoms with Crippen molar-refractivity contribution in [2.45, 2.75) is 39.7 Å². The highest BCUT2D eigenvalue weighted by atomic mass is 16.6. The van der Waals surface area contributed by atoms with Gasteiger partial charge in [-0.3, -0.25) is 4.79 Å². The Morgan fingerprint density at radius 2 is 1.78 bits per heavy atom. The number of rotatable bonds is 9. The summed E-state index contributed by atoms with van der Waals surface area (Å²) in [5.74, 6) is -0.232. The molecular formula is C22H27NO4. The van der Waals surface area contributed by atoms with Crippen LogP contribution >= 0.6 is 0 Å². The maximum Gasteiger partial charge on any atom is 0.344 e. The molecule has 0 unspecified atom stereocenters. The summed E-state index contributed by atoms with van der Waals surface area (Å²) in [5.41, 5.74) is 3.22. The second-order valence-corrected chi connectivity index (χ2v) is 6.71. The molecule has 0 radical (unpaired) electrons. The van der Waals surface area contributed by atoms with Crippen LogP contribution in [0.25, 0.3) is 0 Å². The van der Waals surface area contributed by atoms with Gasteiger partial charge in [-0.15, -0.1) is 0 Å². The minimum Gasteiger partial charge on any atom is -0.482 e. The molecule has 27 heavy (non-hydrogen) atoms. The van der Waals surface area contributed by atoms with E-state index in [1.165, 1.54) is 5.56 Å². The number of ether oxygens (including phenoxy) is 2. The molecule has 0 saturated heterocycles. The van der Waals surface area contributed by atoms with E-state index in [2.05, 4.69) is 17.4 Å². The molecule has 0 fully saturated rings. The lowest BCUT2D eigenvalue weighted by Crippen LogP contribution is -2.36. The normalized spacial score (nSPS) is 11.5. The Hall–Kier alpha value is -2.82. The van der Waals surface area contributed by atoms with Gasteiger partial charge in [0.05, 0.1) is 0 Å². The molecule has 0 heterocycles. The third-order valence-corrected chi connectivity index (χ3v) is 4.17. The van der Waals surface area contributed by atoms with Gasteiger partial charge < -0.3 is 14.8 Å². The second kappa shape index (κ2) is 10.4. The molecule has 0 aromatic heterocycles. The van der Waals surface area contributed by atoms with Gasteiger partial charge in [-0.25, -0.2) is 4.79 Å². The predicted molar refractivity (Wildman–Crippen MR) is 105 cm³/mol. The maximum atomic E-state index is 11.9. The maximum absolute atomic E-state index is 11.9. The summed E-state index contributed by atoms with van der Waals surface area (Å²) in [7, 11) is 0. The minimum absolute atomic E-state index is 0.00241. The number of amides is 1. The SMILES string of the molecule is Cc1ccc(C)c(OCC(=O)OCC(=O)N[C@H](C)CCc2ccccc2)c1. The highest BCUT2D eigenvalue weighted by Gasteiger charge is 2.12. The number of carbonyl (C=O) groups is 2. The molecule has 0 bridgehead atoms. The first-order chi connectivity index (χ1) is 12.9. The number of aryl methyl sites for hydroxylation is 3. The molecule has 0 aliphatic heterocycles. The first kappa shape index (κ1) is 20.5. The summed E-state index contributed by atoms with van der Waals surface area (Å²) >= 11 is 0. The van der Waals surface area contributed by atoms with Gasteiger partial charge in [-0.2, -0.15) is 0 Å². The number of nitrogens with one attached hydrogen (secondary N) is 1. The van der Waals surface area contributed by atoms with Crippen molar-refractivity contribution in [2.24, 2.45) is 0 Å². The molecule has 1 amide bonds. The molecule has 2 aromatic carbocycles. The van der Waals surface area contributed by atoms with E-state index >= 15 is 0 Å². The van der Waals surface area contributed by atoms with Crippen LogP contribution in [0.1, 0.15) is 30.0 Å². The van der Waals surface area contributed by atoms with E-state index < -0.39 is 5.97 Å². The van der Waals surface area contributed by atoms with Gasteiger partial charge in [-0.1, -0.05) is 42.5 Å². The summed E-state index contributed by atoms with van der Waals surface area (Å²) in [6.45, 7) is 5.27. The summed E-state index contributed by atoms with van der Waals surface area (Å²) in [4.78, 5) is 23.7. The average Bonchev–Trinajstić information content (AvgIpc) is 2.66. The zero-order chi connectivity index (χ0) is 19.6. The smallest absolute Gasteiger partial charge is 0.344 e. The molecule has 0 spiro atoms. The van der Waals surface area contributed by atoms with Crippen molar-refractivity contribution in [1.82, 2.24) is 5.32 Å². The fourth-order valence-corrected chi connectivity index (χ4v) is 2.60. The van der Waals surface area contributed by atoms with Gasteiger partial charge in [0.2, 0.25) is 0 Å². The average molecular weight is 369 g/mol. The van der Waals surface area contributed by atoms with Crippen molar-refractivity contribution in [1.29, 1.82) is 0 Å². The lowest BCUT2D eigenvalue weighted by molar-refractivity contribution is -0.150. The van der Waals surface area contributed by atoms with Crippen LogP contribution in [0.2, 0.25) is 0 Å². The Labute approximate surface area is 160 Å². The van der Waals surface area contributed by atoms with E-state index in [1.54, 1.807) is 0 Å². The molecule has 0 saturated carbocycles. The molecule has 2 aromatic rings. The zero-order valence-electron chi connectivity index (χ0n) is 16.2. The lowest BCUT2D eigenvalue weighted by Gasteiger charge is -2.14. The summed E-state index contributed by atoms with van der Waals surface area (Å²) in [6.07, 6.45) is 1.70. The fourth-order valence-electron chi connectivity index (χ4n) is 2.60. The van der Waals surface area contributed by atoms with Gasteiger partial charge in [0, 0.05) is 6.04 Å². The molecule has 1 N–H and O–H groups in total. The second-order valence-electron chi connectivity index (χ2n) is 6.71. The monoisotopic (exact) mass is 369 g/mol. The first-order valence-corrected chi connectivity index (χ1v) is 9.13. The summed E-state index contributed by atoms with van der Waals surface area (Å²) in [6, 6.07) is 15.9. The minimum atomic E-state index is -0.567. The number of esters is 1. The molecular weight excluding hydrogens is 342 g/mol. The largest absolute Gasteiger partial charge is 0.482 e. The fraction of sp³-hybridized carbons (Fsp3) is 0.364. The van der Waals surface area contributed by atoms with Gasteiger partial charge >= 0.3 is 5.97 Å². The third kappa shape index (κ3) is 7.52. The van der Waals surface area contributed by atoms with Crippen LogP contribution in [0.3, 0.4) is 0 Å². The zero-order valence-corrected chi connectivity index (χ0v) is 16.2. The Morgan fingerprint density at radius 1 is 1.04 bits per heavy atom. The van der Waals surface area contributed by atoms with Gasteiger partial charge in [0.25, 0.3) is 5.91 Å². The van der Waals surface area contributed by atoms with Gasteiger partial charge in [0.1, 0.15) is 5.75 Å². The standard InChI is InChI=1S/C22H27NO4/c1-16-9-10-17(2)20(13-16)26-15-22(25)27-14-21(24)23-18(3)11-12-19-7-5-4-6-8-19/h4-10,13,18H,11-12,14-15H2,1-3H3,(H,23,24)/t18-/m1/s1. The molecule has 5 heteroatoms. The van der Waals surface area contributed by atoms with Crippen molar-refractivity contribution in [3.8, 4) is 5.75 Å². The van der Waals surface area contributed by atoms with E-state index in [0.717, 1.165) is 24.0 Å². The lowest BCUT2D eigenvalue weighted by atomic mass is 10.1. The highest BCUT2D eigenvalue weighted by Crippen LogP contribution is 2.18. The topological polar surface area (TPSA) is 64.6 Å². The Balaban J connectivity index is 1.65. The van der Waals surface area contributed by atoms with Crippen molar-refractivity contribution in [3.63, 3.8) is 0 Å². The third-order valence-electron chi connectivity index (χ3n) is 4.17. The van der Waals surface area contributed by atoms with Crippen molar-refractivity contribution in [3.05, 3.63) is 65.2 Å². The number of hydrogen-bond acceptors (Lipinski definition) is 4. The molecule has 2 rings (SSSR count). The Morgan fingerprint density at radius 3 is 2.52 bits per heavy atom. The molecule has 5 nitrogen and oxygen atoms in total. The van der Waals surface area contributed by atoms with E-state index in [0.29, 0.717) is 5.75 Å². The van der Waals surface area contributed by atoms with Crippen molar-refractivity contribution < 1.29 is 19.1 Å². The van der Waals surface area contributed by atoms with Crippen LogP contribution in [0.15, 0.2) is 48.5 Å². The summed E-state index contributed by atoms with van der Waals surface area (Å²) < 4.78 is 10.5. The molecule has 0 aliphatic carbocycles. The van der Waals surface area contributed by atoms with Crippen molar-refractivity contribution in [2.75, 3.05) is 13.2 Å². The van der Waals surface area contributed by atoms with Crippen LogP contribution < -0.4 is 10.1 Å². The number of carbonyl (C=O) groups excluding carboxylic acids is 2. The molecule has 0 aliphatic rings.